The lowest BCUT2D eigenvalue weighted by Crippen LogP contribution is -2.06. The van der Waals surface area contributed by atoms with E-state index < -0.39 is 11.7 Å². The van der Waals surface area contributed by atoms with Gasteiger partial charge >= 0.3 is 6.18 Å². The van der Waals surface area contributed by atoms with E-state index in [9.17, 15) is 13.2 Å². The Labute approximate surface area is 110 Å². The normalized spacial score (nSPS) is 22.4. The molecule has 2 nitrogen and oxygen atoms in total. The summed E-state index contributed by atoms with van der Waals surface area (Å²) >= 11 is 0. The number of hydrogen-bond donors (Lipinski definition) is 0. The molecule has 1 aliphatic heterocycles. The van der Waals surface area contributed by atoms with Crippen LogP contribution in [-0.2, 0) is 17.3 Å². The van der Waals surface area contributed by atoms with Crippen molar-refractivity contribution in [1.29, 1.82) is 0 Å². The topological polar surface area (TPSA) is 21.8 Å². The number of alkyl halides is 3. The van der Waals surface area contributed by atoms with Crippen molar-refractivity contribution < 1.29 is 22.6 Å². The van der Waals surface area contributed by atoms with Gasteiger partial charge in [0.25, 0.3) is 0 Å². The number of epoxide rings is 1. The molecular weight excluding hydrogens is 257 g/mol. The number of benzene rings is 1. The monoisotopic (exact) mass is 274 g/mol. The van der Waals surface area contributed by atoms with Crippen molar-refractivity contribution in [3.63, 3.8) is 0 Å². The van der Waals surface area contributed by atoms with Crippen molar-refractivity contribution in [3.05, 3.63) is 29.3 Å². The summed E-state index contributed by atoms with van der Waals surface area (Å²) in [6, 6.07) is 3.65. The first kappa shape index (κ1) is 14.2. The van der Waals surface area contributed by atoms with Crippen LogP contribution in [0.5, 0.6) is 5.75 Å². The van der Waals surface area contributed by atoms with Crippen molar-refractivity contribution in [2.75, 3.05) is 7.11 Å². The first-order valence-electron chi connectivity index (χ1n) is 6.35. The smallest absolute Gasteiger partial charge is 0.416 e. The van der Waals surface area contributed by atoms with Crippen LogP contribution in [0.2, 0.25) is 0 Å². The molecule has 5 heteroatoms. The van der Waals surface area contributed by atoms with Crippen LogP contribution in [0.15, 0.2) is 18.2 Å². The predicted molar refractivity (Wildman–Crippen MR) is 65.3 cm³/mol. The van der Waals surface area contributed by atoms with Crippen molar-refractivity contribution in [1.82, 2.24) is 0 Å². The fourth-order valence-corrected chi connectivity index (χ4v) is 2.22. The maximum atomic E-state index is 12.6. The van der Waals surface area contributed by atoms with E-state index in [1.54, 1.807) is 0 Å². The minimum absolute atomic E-state index is 0.247. The summed E-state index contributed by atoms with van der Waals surface area (Å²) in [6.07, 6.45) is -1.30. The third-order valence-electron chi connectivity index (χ3n) is 3.40. The Hall–Kier alpha value is -1.23. The van der Waals surface area contributed by atoms with E-state index in [1.807, 2.05) is 0 Å². The third-order valence-corrected chi connectivity index (χ3v) is 3.40. The summed E-state index contributed by atoms with van der Waals surface area (Å²) in [4.78, 5) is 0. The first-order valence-corrected chi connectivity index (χ1v) is 6.35. The van der Waals surface area contributed by atoms with Gasteiger partial charge in [-0.2, -0.15) is 13.2 Å². The lowest BCUT2D eigenvalue weighted by atomic mass is 10.0. The molecule has 0 aliphatic carbocycles. The highest BCUT2D eigenvalue weighted by molar-refractivity contribution is 5.38. The second-order valence-electron chi connectivity index (χ2n) is 4.68. The molecule has 1 aromatic rings. The van der Waals surface area contributed by atoms with Crippen LogP contribution < -0.4 is 4.74 Å². The van der Waals surface area contributed by atoms with E-state index in [1.165, 1.54) is 13.2 Å². The van der Waals surface area contributed by atoms with Crippen molar-refractivity contribution in [2.24, 2.45) is 0 Å². The lowest BCUT2D eigenvalue weighted by molar-refractivity contribution is -0.137. The van der Waals surface area contributed by atoms with Crippen LogP contribution in [0.1, 0.15) is 30.9 Å². The number of aryl methyl sites for hydroxylation is 1. The minimum atomic E-state index is -4.33. The molecule has 2 rings (SSSR count). The van der Waals surface area contributed by atoms with E-state index >= 15 is 0 Å². The average Bonchev–Trinajstić information content (AvgIpc) is 3.13. The molecule has 1 heterocycles. The SMILES string of the molecule is CCC1OC1CCc1ccc(C(F)(F)F)cc1OC. The van der Waals surface area contributed by atoms with Gasteiger partial charge in [0.15, 0.2) is 0 Å². The van der Waals surface area contributed by atoms with Crippen molar-refractivity contribution in [3.8, 4) is 5.75 Å². The summed E-state index contributed by atoms with van der Waals surface area (Å²) in [5, 5.41) is 0. The van der Waals surface area contributed by atoms with Crippen LogP contribution >= 0.6 is 0 Å². The van der Waals surface area contributed by atoms with Crippen LogP contribution in [0.4, 0.5) is 13.2 Å². The Morgan fingerprint density at radius 1 is 1.26 bits per heavy atom. The number of hydrogen-bond acceptors (Lipinski definition) is 2. The summed E-state index contributed by atoms with van der Waals surface area (Å²) < 4.78 is 48.2. The summed E-state index contributed by atoms with van der Waals surface area (Å²) in [6.45, 7) is 2.06. The Balaban J connectivity index is 2.04. The molecule has 0 spiro atoms. The molecule has 0 radical (unpaired) electrons. The molecule has 0 bridgehead atoms. The average molecular weight is 274 g/mol. The van der Waals surface area contributed by atoms with Gasteiger partial charge in [0, 0.05) is 0 Å². The lowest BCUT2D eigenvalue weighted by Gasteiger charge is -2.12. The maximum absolute atomic E-state index is 12.6. The number of methoxy groups -OCH3 is 1. The van der Waals surface area contributed by atoms with Gasteiger partial charge in [0.2, 0.25) is 0 Å². The fraction of sp³-hybridized carbons (Fsp3) is 0.571. The van der Waals surface area contributed by atoms with E-state index in [2.05, 4.69) is 6.92 Å². The highest BCUT2D eigenvalue weighted by Gasteiger charge is 2.36. The molecule has 19 heavy (non-hydrogen) atoms. The Morgan fingerprint density at radius 2 is 2.00 bits per heavy atom. The molecule has 0 aromatic heterocycles. The van der Waals surface area contributed by atoms with Gasteiger partial charge in [0.05, 0.1) is 24.9 Å². The maximum Gasteiger partial charge on any atom is 0.416 e. The summed E-state index contributed by atoms with van der Waals surface area (Å²) in [5.41, 5.74) is 0.114. The second-order valence-corrected chi connectivity index (χ2v) is 4.68. The van der Waals surface area contributed by atoms with Gasteiger partial charge in [-0.25, -0.2) is 0 Å². The largest absolute Gasteiger partial charge is 0.496 e. The molecule has 0 N–H and O–H groups in total. The number of rotatable bonds is 5. The van der Waals surface area contributed by atoms with Crippen LogP contribution in [0.3, 0.4) is 0 Å². The molecule has 2 unspecified atom stereocenters. The minimum Gasteiger partial charge on any atom is -0.496 e. The quantitative estimate of drug-likeness (QED) is 0.761. The third kappa shape index (κ3) is 3.41. The van der Waals surface area contributed by atoms with E-state index in [0.29, 0.717) is 18.3 Å². The van der Waals surface area contributed by atoms with Gasteiger partial charge in [-0.15, -0.1) is 0 Å². The molecule has 0 saturated carbocycles. The summed E-state index contributed by atoms with van der Waals surface area (Å²) in [7, 11) is 1.39. The molecule has 0 amide bonds. The zero-order valence-corrected chi connectivity index (χ0v) is 11.0. The highest BCUT2D eigenvalue weighted by Crippen LogP contribution is 2.35. The Kier molecular flexibility index (Phi) is 4.04. The fourth-order valence-electron chi connectivity index (χ4n) is 2.22. The standard InChI is InChI=1S/C14H17F3O2/c1-3-11-12(19-11)7-5-9-4-6-10(14(15,16)17)8-13(9)18-2/h4,6,8,11-12H,3,5,7H2,1-2H3. The molecule has 2 atom stereocenters. The molecule has 1 fully saturated rings. The first-order chi connectivity index (χ1) is 8.95. The van der Waals surface area contributed by atoms with Crippen molar-refractivity contribution >= 4 is 0 Å². The molecule has 106 valence electrons. The van der Waals surface area contributed by atoms with Crippen LogP contribution in [0.25, 0.3) is 0 Å². The van der Waals surface area contributed by atoms with Gasteiger partial charge in [0.1, 0.15) is 5.75 Å². The Morgan fingerprint density at radius 3 is 2.53 bits per heavy atom. The van der Waals surface area contributed by atoms with E-state index in [0.717, 1.165) is 30.5 Å². The van der Waals surface area contributed by atoms with Gasteiger partial charge in [-0.3, -0.25) is 0 Å². The highest BCUT2D eigenvalue weighted by atomic mass is 19.4. The van der Waals surface area contributed by atoms with Gasteiger partial charge in [-0.1, -0.05) is 13.0 Å². The second kappa shape index (κ2) is 5.41. The number of ether oxygens (including phenoxy) is 2. The molecular formula is C14H17F3O2. The van der Waals surface area contributed by atoms with Gasteiger partial charge in [-0.05, 0) is 37.0 Å². The van der Waals surface area contributed by atoms with Crippen LogP contribution in [-0.4, -0.2) is 19.3 Å². The Bertz CT molecular complexity index is 443. The molecule has 1 aromatic carbocycles. The predicted octanol–water partition coefficient (Wildman–Crippen LogP) is 3.82. The van der Waals surface area contributed by atoms with Crippen LogP contribution in [0, 0.1) is 0 Å². The zero-order valence-electron chi connectivity index (χ0n) is 11.0. The van der Waals surface area contributed by atoms with Crippen molar-refractivity contribution in [2.45, 2.75) is 44.6 Å². The van der Waals surface area contributed by atoms with Gasteiger partial charge < -0.3 is 9.47 Å². The summed E-state index contributed by atoms with van der Waals surface area (Å²) in [5.74, 6) is 0.295. The van der Waals surface area contributed by atoms with E-state index in [4.69, 9.17) is 9.47 Å². The molecule has 1 aliphatic rings. The van der Waals surface area contributed by atoms with E-state index in [-0.39, 0.29) is 6.10 Å². The zero-order chi connectivity index (χ0) is 14.0. The molecule has 1 saturated heterocycles. The number of halogens is 3.